The second-order valence-electron chi connectivity index (χ2n) is 5.05. The van der Waals surface area contributed by atoms with Crippen LogP contribution in [0, 0.1) is 0 Å². The number of rotatable bonds is 5. The number of hydrogen-bond acceptors (Lipinski definition) is 2. The minimum atomic E-state index is -6.07. The summed E-state index contributed by atoms with van der Waals surface area (Å²) in [4.78, 5) is 1.01. The van der Waals surface area contributed by atoms with Gasteiger partial charge in [-0.25, -0.2) is 0 Å². The lowest BCUT2D eigenvalue weighted by Crippen LogP contribution is -2.65. The number of alkyl halides is 6. The molecule has 2 unspecified atom stereocenters. The van der Waals surface area contributed by atoms with Crippen LogP contribution in [0.25, 0.3) is 0 Å². The van der Waals surface area contributed by atoms with Gasteiger partial charge in [-0.3, -0.25) is 4.90 Å². The minimum absolute atomic E-state index is 0.537. The van der Waals surface area contributed by atoms with Crippen molar-refractivity contribution in [1.29, 1.82) is 0 Å². The van der Waals surface area contributed by atoms with Gasteiger partial charge in [-0.15, -0.1) is 0 Å². The molecule has 2 atom stereocenters. The van der Waals surface area contributed by atoms with Crippen molar-refractivity contribution in [3.8, 4) is 0 Å². The van der Waals surface area contributed by atoms with Gasteiger partial charge in [0.1, 0.15) is 0 Å². The number of nitrogens with zero attached hydrogens (tertiary/aromatic N) is 1. The van der Waals surface area contributed by atoms with Gasteiger partial charge in [0.25, 0.3) is 0 Å². The molecule has 0 aliphatic rings. The Morgan fingerprint density at radius 2 is 1.11 bits per heavy atom. The predicted molar refractivity (Wildman–Crippen MR) is 58.6 cm³/mol. The van der Waals surface area contributed by atoms with Crippen molar-refractivity contribution >= 4 is 0 Å². The summed E-state index contributed by atoms with van der Waals surface area (Å²) in [5.41, 5.74) is 0. The maximum absolute atomic E-state index is 13.7. The third kappa shape index (κ3) is 3.34. The molecule has 0 fully saturated rings. The van der Waals surface area contributed by atoms with Crippen LogP contribution in [0.1, 0.15) is 34.6 Å². The summed E-state index contributed by atoms with van der Waals surface area (Å²) in [6, 6.07) is -3.20. The van der Waals surface area contributed by atoms with Crippen molar-refractivity contribution in [3.63, 3.8) is 0 Å². The van der Waals surface area contributed by atoms with E-state index in [0.717, 1.165) is 11.8 Å². The van der Waals surface area contributed by atoms with Crippen LogP contribution >= 0.6 is 0 Å². The second-order valence-corrected chi connectivity index (χ2v) is 5.05. The maximum Gasteiger partial charge on any atom is 0.454 e. The first-order chi connectivity index (χ1) is 8.18. The van der Waals surface area contributed by atoms with Crippen molar-refractivity contribution in [3.05, 3.63) is 0 Å². The molecule has 0 bridgehead atoms. The van der Waals surface area contributed by atoms with Crippen LogP contribution in [-0.2, 0) is 0 Å². The number of hydrogen-bond donors (Lipinski definition) is 1. The highest BCUT2D eigenvalue weighted by atomic mass is 19.4. The van der Waals surface area contributed by atoms with Gasteiger partial charge in [0.15, 0.2) is 0 Å². The molecule has 0 aromatic carbocycles. The van der Waals surface area contributed by atoms with Crippen molar-refractivity contribution in [1.82, 2.24) is 4.90 Å². The Kier molecular flexibility index (Phi) is 5.33. The summed E-state index contributed by atoms with van der Waals surface area (Å²) in [7, 11) is 0. The molecule has 0 spiro atoms. The summed E-state index contributed by atoms with van der Waals surface area (Å²) in [6.45, 7) is 6.75. The lowest BCUT2D eigenvalue weighted by atomic mass is 9.98. The van der Waals surface area contributed by atoms with Crippen LogP contribution in [0.3, 0.4) is 0 Å². The van der Waals surface area contributed by atoms with Gasteiger partial charge in [0, 0.05) is 12.1 Å². The Morgan fingerprint density at radius 3 is 1.32 bits per heavy atom. The van der Waals surface area contributed by atoms with Gasteiger partial charge in [0.2, 0.25) is 0 Å². The smallest absolute Gasteiger partial charge is 0.350 e. The highest BCUT2D eigenvalue weighted by molar-refractivity contribution is 4.98. The molecule has 19 heavy (non-hydrogen) atoms. The molecular formula is C11H19F6NO. The van der Waals surface area contributed by atoms with Crippen LogP contribution in [0.4, 0.5) is 26.3 Å². The molecule has 0 heterocycles. The van der Waals surface area contributed by atoms with Gasteiger partial charge in [-0.1, -0.05) is 0 Å². The molecule has 0 amide bonds. The van der Waals surface area contributed by atoms with Gasteiger partial charge < -0.3 is 5.11 Å². The van der Waals surface area contributed by atoms with Crippen molar-refractivity contribution in [2.75, 3.05) is 0 Å². The van der Waals surface area contributed by atoms with Gasteiger partial charge in [-0.05, 0) is 34.6 Å². The zero-order valence-corrected chi connectivity index (χ0v) is 11.4. The maximum atomic E-state index is 13.7. The van der Waals surface area contributed by atoms with E-state index in [1.54, 1.807) is 0 Å². The molecule has 116 valence electrons. The fourth-order valence-electron chi connectivity index (χ4n) is 2.14. The lowest BCUT2D eigenvalue weighted by Gasteiger charge is -2.43. The molecule has 0 saturated heterocycles. The van der Waals surface area contributed by atoms with Crippen LogP contribution in [-0.4, -0.2) is 46.1 Å². The van der Waals surface area contributed by atoms with E-state index >= 15 is 0 Å². The molecule has 0 rings (SSSR count). The predicted octanol–water partition coefficient (Wildman–Crippen LogP) is 3.35. The molecule has 0 saturated carbocycles. The Labute approximate surface area is 108 Å². The van der Waals surface area contributed by atoms with Gasteiger partial charge >= 0.3 is 18.0 Å². The molecule has 0 aromatic rings. The van der Waals surface area contributed by atoms with E-state index in [1.807, 2.05) is 0 Å². The summed E-state index contributed by atoms with van der Waals surface area (Å²) in [5.74, 6) is -10.6. The normalized spacial score (nSPS) is 19.1. The molecular weight excluding hydrogens is 276 g/mol. The molecule has 2 nitrogen and oxygen atoms in total. The summed E-state index contributed by atoms with van der Waals surface area (Å²) in [6.07, 6.45) is -6.07. The van der Waals surface area contributed by atoms with E-state index in [9.17, 15) is 26.3 Å². The molecule has 1 N–H and O–H groups in total. The first kappa shape index (κ1) is 18.5. The van der Waals surface area contributed by atoms with Crippen LogP contribution < -0.4 is 0 Å². The quantitative estimate of drug-likeness (QED) is 0.786. The van der Waals surface area contributed by atoms with Crippen molar-refractivity contribution < 1.29 is 31.4 Å². The summed E-state index contributed by atoms with van der Waals surface area (Å²) >= 11 is 0. The van der Waals surface area contributed by atoms with E-state index < -0.39 is 36.1 Å². The molecule has 0 aliphatic heterocycles. The number of halogens is 6. The highest BCUT2D eigenvalue weighted by Gasteiger charge is 2.73. The Balaban J connectivity index is 5.52. The standard InChI is InChI=1S/C11H19F6NO/c1-6(2)18(7(3)4)8(5)9(12,13)10(14,19)11(15,16)17/h6-8,19H,1-5H3. The van der Waals surface area contributed by atoms with Crippen molar-refractivity contribution in [2.45, 2.75) is 70.7 Å². The Morgan fingerprint density at radius 1 is 0.789 bits per heavy atom. The average molecular weight is 295 g/mol. The summed E-state index contributed by atoms with van der Waals surface area (Å²) < 4.78 is 77.2. The SMILES string of the molecule is CC(C)N(C(C)C)C(C)C(F)(F)C(O)(F)C(F)(F)F. The second kappa shape index (κ2) is 5.47. The van der Waals surface area contributed by atoms with Crippen LogP contribution in [0.5, 0.6) is 0 Å². The van der Waals surface area contributed by atoms with E-state index in [1.165, 1.54) is 27.7 Å². The van der Waals surface area contributed by atoms with E-state index in [4.69, 9.17) is 5.11 Å². The molecule has 8 heteroatoms. The van der Waals surface area contributed by atoms with Crippen LogP contribution in [0.15, 0.2) is 0 Å². The van der Waals surface area contributed by atoms with E-state index in [2.05, 4.69) is 0 Å². The monoisotopic (exact) mass is 295 g/mol. The molecule has 0 radical (unpaired) electrons. The third-order valence-electron chi connectivity index (χ3n) is 2.98. The van der Waals surface area contributed by atoms with Gasteiger partial charge in [-0.2, -0.15) is 26.3 Å². The highest BCUT2D eigenvalue weighted by Crippen LogP contribution is 2.46. The fraction of sp³-hybridized carbons (Fsp3) is 1.00. The van der Waals surface area contributed by atoms with Crippen LogP contribution in [0.2, 0.25) is 0 Å². The first-order valence-corrected chi connectivity index (χ1v) is 5.81. The average Bonchev–Trinajstić information content (AvgIpc) is 2.13. The first-order valence-electron chi connectivity index (χ1n) is 5.81. The Bertz CT molecular complexity index is 292. The zero-order valence-electron chi connectivity index (χ0n) is 11.4. The largest absolute Gasteiger partial charge is 0.454 e. The zero-order chi connectivity index (χ0) is 15.8. The van der Waals surface area contributed by atoms with E-state index in [-0.39, 0.29) is 0 Å². The molecule has 0 aliphatic carbocycles. The minimum Gasteiger partial charge on any atom is -0.350 e. The van der Waals surface area contributed by atoms with Crippen molar-refractivity contribution in [2.24, 2.45) is 0 Å². The Hall–Kier alpha value is -0.500. The topological polar surface area (TPSA) is 23.5 Å². The lowest BCUT2D eigenvalue weighted by molar-refractivity contribution is -0.395. The van der Waals surface area contributed by atoms with E-state index in [0.29, 0.717) is 0 Å². The van der Waals surface area contributed by atoms with Gasteiger partial charge in [0.05, 0.1) is 6.04 Å². The fourth-order valence-corrected chi connectivity index (χ4v) is 2.14. The third-order valence-corrected chi connectivity index (χ3v) is 2.98. The number of aliphatic hydroxyl groups is 1. The summed E-state index contributed by atoms with van der Waals surface area (Å²) in [5, 5.41) is 8.59. The molecule has 0 aromatic heterocycles.